The van der Waals surface area contributed by atoms with Crippen LogP contribution in [0.25, 0.3) is 0 Å². The molecule has 2 N–H and O–H groups in total. The lowest BCUT2D eigenvalue weighted by Gasteiger charge is -2.34. The van der Waals surface area contributed by atoms with Crippen LogP contribution >= 0.6 is 11.6 Å². The Morgan fingerprint density at radius 1 is 1.50 bits per heavy atom. The average Bonchev–Trinajstić information content (AvgIpc) is 2.42. The van der Waals surface area contributed by atoms with Crippen molar-refractivity contribution in [2.24, 2.45) is 5.73 Å². The molecule has 4 nitrogen and oxygen atoms in total. The first-order chi connectivity index (χ1) is 9.40. The van der Waals surface area contributed by atoms with Gasteiger partial charge in [0.25, 0.3) is 5.91 Å². The smallest absolute Gasteiger partial charge is 0.255 e. The molecule has 0 spiro atoms. The van der Waals surface area contributed by atoms with Crippen LogP contribution in [0.15, 0.2) is 12.1 Å². The molecule has 1 aliphatic rings. The molecule has 20 heavy (non-hydrogen) atoms. The largest absolute Gasteiger partial charge is 0.373 e. The van der Waals surface area contributed by atoms with Gasteiger partial charge in [-0.15, -0.1) is 0 Å². The lowest BCUT2D eigenvalue weighted by molar-refractivity contribution is -0.0300. The fourth-order valence-corrected chi connectivity index (χ4v) is 2.27. The summed E-state index contributed by atoms with van der Waals surface area (Å²) in [6.45, 7) is 2.78. The Labute approximate surface area is 120 Å². The minimum atomic E-state index is -1.10. The summed E-state index contributed by atoms with van der Waals surface area (Å²) in [4.78, 5) is 13.8. The average molecular weight is 305 g/mol. The van der Waals surface area contributed by atoms with E-state index >= 15 is 0 Å². The summed E-state index contributed by atoms with van der Waals surface area (Å²) >= 11 is 5.80. The number of morpholine rings is 1. The van der Waals surface area contributed by atoms with Gasteiger partial charge in [0, 0.05) is 19.1 Å². The maximum atomic E-state index is 13.2. The van der Waals surface area contributed by atoms with E-state index in [-0.39, 0.29) is 22.7 Å². The number of amides is 1. The van der Waals surface area contributed by atoms with Gasteiger partial charge in [-0.2, -0.15) is 0 Å². The summed E-state index contributed by atoms with van der Waals surface area (Å²) in [5, 5.41) is -0.113. The molecule has 1 saturated heterocycles. The molecule has 2 atom stereocenters. The van der Waals surface area contributed by atoms with Gasteiger partial charge in [-0.05, 0) is 19.1 Å². The highest BCUT2D eigenvalue weighted by Crippen LogP contribution is 2.22. The van der Waals surface area contributed by atoms with Crippen LogP contribution in [-0.4, -0.2) is 42.6 Å². The molecule has 7 heteroatoms. The lowest BCUT2D eigenvalue weighted by Crippen LogP contribution is -2.51. The van der Waals surface area contributed by atoms with Crippen LogP contribution in [0.4, 0.5) is 8.78 Å². The summed E-state index contributed by atoms with van der Waals surface area (Å²) in [6, 6.07) is 1.38. The van der Waals surface area contributed by atoms with E-state index in [0.29, 0.717) is 19.7 Å². The topological polar surface area (TPSA) is 55.6 Å². The SMILES string of the molecule is C[C@H](N)[C@@H]1CN(C(=O)c2cc(F)c(F)cc2Cl)CCO1. The molecule has 0 saturated carbocycles. The Morgan fingerprint density at radius 3 is 2.80 bits per heavy atom. The Balaban J connectivity index is 2.21. The highest BCUT2D eigenvalue weighted by atomic mass is 35.5. The van der Waals surface area contributed by atoms with Gasteiger partial charge < -0.3 is 15.4 Å². The lowest BCUT2D eigenvalue weighted by atomic mass is 10.1. The van der Waals surface area contributed by atoms with Crippen LogP contribution in [-0.2, 0) is 4.74 Å². The number of rotatable bonds is 2. The molecule has 1 aliphatic heterocycles. The van der Waals surface area contributed by atoms with Crippen LogP contribution in [0.1, 0.15) is 17.3 Å². The number of hydrogen-bond acceptors (Lipinski definition) is 3. The Bertz CT molecular complexity index is 525. The number of nitrogens with zero attached hydrogens (tertiary/aromatic N) is 1. The molecular weight excluding hydrogens is 290 g/mol. The second kappa shape index (κ2) is 6.03. The van der Waals surface area contributed by atoms with Gasteiger partial charge in [-0.25, -0.2) is 8.78 Å². The highest BCUT2D eigenvalue weighted by Gasteiger charge is 2.28. The van der Waals surface area contributed by atoms with Crippen LogP contribution in [0.5, 0.6) is 0 Å². The van der Waals surface area contributed by atoms with Gasteiger partial charge >= 0.3 is 0 Å². The second-order valence-electron chi connectivity index (χ2n) is 4.77. The van der Waals surface area contributed by atoms with Crippen molar-refractivity contribution in [2.75, 3.05) is 19.7 Å². The second-order valence-corrected chi connectivity index (χ2v) is 5.17. The summed E-state index contributed by atoms with van der Waals surface area (Å²) in [5.41, 5.74) is 5.68. The molecule has 0 radical (unpaired) electrons. The molecular formula is C13H15ClF2N2O2. The van der Waals surface area contributed by atoms with Crippen molar-refractivity contribution in [1.82, 2.24) is 4.90 Å². The highest BCUT2D eigenvalue weighted by molar-refractivity contribution is 6.33. The van der Waals surface area contributed by atoms with Crippen molar-refractivity contribution in [2.45, 2.75) is 19.1 Å². The molecule has 1 aromatic carbocycles. The molecule has 2 rings (SSSR count). The molecule has 0 unspecified atom stereocenters. The van der Waals surface area contributed by atoms with Crippen LogP contribution in [0, 0.1) is 11.6 Å². The number of hydrogen-bond donors (Lipinski definition) is 1. The van der Waals surface area contributed by atoms with E-state index < -0.39 is 17.5 Å². The van der Waals surface area contributed by atoms with Crippen molar-refractivity contribution in [1.29, 1.82) is 0 Å². The predicted molar refractivity (Wildman–Crippen MR) is 70.7 cm³/mol. The number of carbonyl (C=O) groups excluding carboxylic acids is 1. The number of ether oxygens (including phenoxy) is 1. The third kappa shape index (κ3) is 3.08. The summed E-state index contributed by atoms with van der Waals surface area (Å²) in [6.07, 6.45) is -0.281. The summed E-state index contributed by atoms with van der Waals surface area (Å²) in [5.74, 6) is -2.64. The van der Waals surface area contributed by atoms with E-state index in [2.05, 4.69) is 0 Å². The van der Waals surface area contributed by atoms with Crippen LogP contribution < -0.4 is 5.73 Å². The molecule has 0 aromatic heterocycles. The number of benzene rings is 1. The van der Waals surface area contributed by atoms with Gasteiger partial charge in [-0.1, -0.05) is 11.6 Å². The summed E-state index contributed by atoms with van der Waals surface area (Å²) in [7, 11) is 0. The summed E-state index contributed by atoms with van der Waals surface area (Å²) < 4.78 is 31.7. The van der Waals surface area contributed by atoms with Gasteiger partial charge in [0.05, 0.1) is 23.3 Å². The molecule has 1 fully saturated rings. The predicted octanol–water partition coefficient (Wildman–Crippen LogP) is 1.81. The molecule has 0 bridgehead atoms. The molecule has 1 heterocycles. The van der Waals surface area contributed by atoms with E-state index in [1.54, 1.807) is 6.92 Å². The first-order valence-electron chi connectivity index (χ1n) is 6.21. The minimum Gasteiger partial charge on any atom is -0.373 e. The van der Waals surface area contributed by atoms with Gasteiger partial charge in [0.2, 0.25) is 0 Å². The third-order valence-electron chi connectivity index (χ3n) is 3.21. The Kier molecular flexibility index (Phi) is 4.57. The maximum Gasteiger partial charge on any atom is 0.255 e. The first-order valence-corrected chi connectivity index (χ1v) is 6.59. The van der Waals surface area contributed by atoms with Crippen LogP contribution in [0.3, 0.4) is 0 Å². The zero-order valence-corrected chi connectivity index (χ0v) is 11.7. The maximum absolute atomic E-state index is 13.2. The minimum absolute atomic E-state index is 0.0594. The first kappa shape index (κ1) is 15.2. The van der Waals surface area contributed by atoms with E-state index in [1.165, 1.54) is 4.90 Å². The molecule has 1 amide bonds. The van der Waals surface area contributed by atoms with Crippen molar-refractivity contribution in [3.8, 4) is 0 Å². The van der Waals surface area contributed by atoms with E-state index in [1.807, 2.05) is 0 Å². The monoisotopic (exact) mass is 304 g/mol. The molecule has 110 valence electrons. The van der Waals surface area contributed by atoms with E-state index in [4.69, 9.17) is 22.1 Å². The van der Waals surface area contributed by atoms with Gasteiger partial charge in [0.1, 0.15) is 0 Å². The van der Waals surface area contributed by atoms with E-state index in [9.17, 15) is 13.6 Å². The van der Waals surface area contributed by atoms with Crippen molar-refractivity contribution < 1.29 is 18.3 Å². The van der Waals surface area contributed by atoms with Crippen molar-refractivity contribution in [3.05, 3.63) is 34.4 Å². The quantitative estimate of drug-likeness (QED) is 0.848. The van der Waals surface area contributed by atoms with Gasteiger partial charge in [-0.3, -0.25) is 4.79 Å². The third-order valence-corrected chi connectivity index (χ3v) is 3.52. The fraction of sp³-hybridized carbons (Fsp3) is 0.462. The zero-order chi connectivity index (χ0) is 14.9. The standard InChI is InChI=1S/C13H15ClF2N2O2/c1-7(17)12-6-18(2-3-20-12)13(19)8-4-10(15)11(16)5-9(8)14/h4-5,7,12H,2-3,6,17H2,1H3/t7-,12-/m0/s1. The number of halogens is 3. The number of carbonyl (C=O) groups is 1. The van der Waals surface area contributed by atoms with Gasteiger partial charge in [0.15, 0.2) is 11.6 Å². The Morgan fingerprint density at radius 2 is 2.15 bits per heavy atom. The zero-order valence-electron chi connectivity index (χ0n) is 10.9. The normalized spacial score (nSPS) is 20.9. The van der Waals surface area contributed by atoms with Crippen molar-refractivity contribution in [3.63, 3.8) is 0 Å². The fourth-order valence-electron chi connectivity index (χ4n) is 2.03. The van der Waals surface area contributed by atoms with Crippen molar-refractivity contribution >= 4 is 17.5 Å². The molecule has 0 aliphatic carbocycles. The number of nitrogens with two attached hydrogens (primary N) is 1. The Hall–Kier alpha value is -1.24. The van der Waals surface area contributed by atoms with Crippen LogP contribution in [0.2, 0.25) is 5.02 Å². The molecule has 1 aromatic rings. The van der Waals surface area contributed by atoms with E-state index in [0.717, 1.165) is 12.1 Å².